The highest BCUT2D eigenvalue weighted by Gasteiger charge is 2.90. The van der Waals surface area contributed by atoms with Gasteiger partial charge in [-0.25, -0.2) is 0 Å². The van der Waals surface area contributed by atoms with Crippen LogP contribution in [0.15, 0.2) is 24.3 Å². The third-order valence-corrected chi connectivity index (χ3v) is 7.33. The van der Waals surface area contributed by atoms with Gasteiger partial charge in [-0.3, -0.25) is 9.59 Å². The number of hydrogen-bond donors (Lipinski definition) is 0. The fourth-order valence-corrected chi connectivity index (χ4v) is 4.86. The third-order valence-electron chi connectivity index (χ3n) is 7.33. The van der Waals surface area contributed by atoms with E-state index < -0.39 is 104 Å². The molecule has 21 heteroatoms. The molecule has 2 saturated heterocycles. The number of hydrogen-bond acceptors (Lipinski definition) is 8. The lowest BCUT2D eigenvalue weighted by Gasteiger charge is -2.47. The summed E-state index contributed by atoms with van der Waals surface area (Å²) in [7, 11) is 1.24. The predicted octanol–water partition coefficient (Wildman–Crippen LogP) is 6.40. The zero-order valence-corrected chi connectivity index (χ0v) is 24.8. The lowest BCUT2D eigenvalue weighted by atomic mass is 9.91. The van der Waals surface area contributed by atoms with E-state index in [0.717, 1.165) is 13.8 Å². The fraction of sp³-hybridized carbons (Fsp3) is 0.704. The highest BCUT2D eigenvalue weighted by Crippen LogP contribution is 2.60. The van der Waals surface area contributed by atoms with Crippen molar-refractivity contribution < 1.29 is 95.1 Å². The molecular weight excluding hydrogens is 699 g/mol. The average Bonchev–Trinajstić information content (AvgIpc) is 2.96. The van der Waals surface area contributed by atoms with Gasteiger partial charge in [0.25, 0.3) is 0 Å². The number of carbonyl (C=O) groups is 2. The molecule has 6 atom stereocenters. The minimum absolute atomic E-state index is 0.0731. The Labute approximate surface area is 262 Å². The Balaban J connectivity index is 1.70. The van der Waals surface area contributed by atoms with Crippen LogP contribution in [0.2, 0.25) is 0 Å². The van der Waals surface area contributed by atoms with E-state index in [4.69, 9.17) is 28.4 Å². The van der Waals surface area contributed by atoms with Gasteiger partial charge in [0.15, 0.2) is 24.8 Å². The Hall–Kier alpha value is -2.91. The van der Waals surface area contributed by atoms with E-state index in [2.05, 4.69) is 0 Å². The van der Waals surface area contributed by atoms with Crippen LogP contribution in [0.3, 0.4) is 0 Å². The molecule has 1 aromatic rings. The van der Waals surface area contributed by atoms with Crippen LogP contribution in [0.5, 0.6) is 0 Å². The minimum atomic E-state index is -7.95. The molecule has 0 amide bonds. The quantitative estimate of drug-likeness (QED) is 0.181. The second kappa shape index (κ2) is 13.8. The van der Waals surface area contributed by atoms with E-state index in [1.54, 1.807) is 0 Å². The highest BCUT2D eigenvalue weighted by atomic mass is 19.4. The van der Waals surface area contributed by atoms with Gasteiger partial charge < -0.3 is 28.4 Å². The van der Waals surface area contributed by atoms with Gasteiger partial charge >= 0.3 is 47.7 Å². The van der Waals surface area contributed by atoms with Gasteiger partial charge in [-0.1, -0.05) is 24.3 Å². The number of carbonyl (C=O) groups excluding carboxylic acids is 2. The second-order valence-electron chi connectivity index (χ2n) is 10.8. The first-order valence-corrected chi connectivity index (χ1v) is 13.7. The molecule has 0 radical (unpaired) electrons. The smallest absolute Gasteiger partial charge is 0.455 e. The van der Waals surface area contributed by atoms with Crippen LogP contribution in [-0.4, -0.2) is 92.2 Å². The maximum Gasteiger partial charge on any atom is 0.460 e. The van der Waals surface area contributed by atoms with Crippen molar-refractivity contribution in [3.63, 3.8) is 0 Å². The molecule has 2 fully saturated rings. The Morgan fingerprint density at radius 1 is 0.750 bits per heavy atom. The van der Waals surface area contributed by atoms with Gasteiger partial charge in [0, 0.05) is 32.9 Å². The molecule has 3 rings (SSSR count). The van der Waals surface area contributed by atoms with Crippen LogP contribution in [0, 0.1) is 0 Å². The summed E-state index contributed by atoms with van der Waals surface area (Å²) in [6.45, 7) is 1.99. The lowest BCUT2D eigenvalue weighted by molar-refractivity contribution is -0.440. The number of alkyl halides is 13. The first-order chi connectivity index (χ1) is 21.8. The van der Waals surface area contributed by atoms with Crippen LogP contribution >= 0.6 is 0 Å². The van der Waals surface area contributed by atoms with Crippen molar-refractivity contribution in [3.8, 4) is 0 Å². The predicted molar refractivity (Wildman–Crippen MR) is 131 cm³/mol. The van der Waals surface area contributed by atoms with Crippen molar-refractivity contribution in [1.29, 1.82) is 0 Å². The maximum atomic E-state index is 14.1. The molecule has 2 aliphatic heterocycles. The summed E-state index contributed by atoms with van der Waals surface area (Å²) >= 11 is 0. The van der Waals surface area contributed by atoms with Gasteiger partial charge in [0.05, 0.1) is 6.61 Å². The van der Waals surface area contributed by atoms with E-state index in [1.165, 1.54) is 31.4 Å². The van der Waals surface area contributed by atoms with Gasteiger partial charge in [-0.15, -0.1) is 0 Å². The average molecular weight is 726 g/mol. The summed E-state index contributed by atoms with van der Waals surface area (Å²) in [4.78, 5) is 23.5. The van der Waals surface area contributed by atoms with E-state index >= 15 is 0 Å². The molecule has 0 bridgehead atoms. The number of halogens is 13. The largest absolute Gasteiger partial charge is 0.460 e. The van der Waals surface area contributed by atoms with E-state index in [1.807, 2.05) is 0 Å². The first kappa shape index (κ1) is 39.5. The van der Waals surface area contributed by atoms with Gasteiger partial charge in [0.1, 0.15) is 12.2 Å². The van der Waals surface area contributed by atoms with Gasteiger partial charge in [0.2, 0.25) is 0 Å². The summed E-state index contributed by atoms with van der Waals surface area (Å²) in [5.41, 5.74) is 0.310. The number of ether oxygens (including phenoxy) is 6. The maximum absolute atomic E-state index is 14.1. The standard InChI is InChI=1S/C27H27F13O8/c1-12(41)45-18-17-16(47-21(43-3)19(18)46-13(2)42)11-44-20(48-17)15-8-6-14(7-9-15)5-4-10-22(28,29)23(30,31)24(32,33)25(34,35)26(36,37)27(38,39)40/h6-9,16-21H,4-5,10-11H2,1-3H3/t16-,17-,18+,19-,20?,21+/m1/s1. The van der Waals surface area contributed by atoms with Crippen molar-refractivity contribution in [1.82, 2.24) is 0 Å². The van der Waals surface area contributed by atoms with E-state index in [0.29, 0.717) is 0 Å². The van der Waals surface area contributed by atoms with Crippen LogP contribution in [-0.2, 0) is 44.4 Å². The zero-order chi connectivity index (χ0) is 36.7. The van der Waals surface area contributed by atoms with Crippen LogP contribution < -0.4 is 0 Å². The topological polar surface area (TPSA) is 89.5 Å². The van der Waals surface area contributed by atoms with Crippen LogP contribution in [0.4, 0.5) is 57.1 Å². The van der Waals surface area contributed by atoms with Crippen LogP contribution in [0.25, 0.3) is 0 Å². The summed E-state index contributed by atoms with van der Waals surface area (Å²) < 4.78 is 206. The van der Waals surface area contributed by atoms with Crippen molar-refractivity contribution in [2.45, 2.75) is 106 Å². The molecule has 274 valence electrons. The minimum Gasteiger partial charge on any atom is -0.455 e. The normalized spacial score (nSPS) is 26.1. The summed E-state index contributed by atoms with van der Waals surface area (Å²) in [6, 6.07) is 4.99. The fourth-order valence-electron chi connectivity index (χ4n) is 4.86. The SMILES string of the molecule is CO[C@H]1O[C@@H]2COC(c3ccc(CCCC(F)(F)C(F)(F)C(F)(F)C(F)(F)C(F)(F)C(F)(F)F)cc3)O[C@H]2[C@H](OC(C)=O)[C@H]1OC(C)=O. The molecule has 48 heavy (non-hydrogen) atoms. The molecule has 1 aromatic carbocycles. The van der Waals surface area contributed by atoms with Crippen molar-refractivity contribution in [3.05, 3.63) is 35.4 Å². The number of benzene rings is 1. The Morgan fingerprint density at radius 3 is 1.77 bits per heavy atom. The number of esters is 2. The molecule has 0 N–H and O–H groups in total. The molecule has 1 unspecified atom stereocenters. The summed E-state index contributed by atoms with van der Waals surface area (Å²) in [5.74, 6) is -38.6. The van der Waals surface area contributed by atoms with Crippen molar-refractivity contribution >= 4 is 11.9 Å². The zero-order valence-electron chi connectivity index (χ0n) is 24.8. The first-order valence-electron chi connectivity index (χ1n) is 13.7. The second-order valence-corrected chi connectivity index (χ2v) is 10.8. The molecule has 0 aliphatic carbocycles. The lowest BCUT2D eigenvalue weighted by Crippen LogP contribution is -2.70. The number of fused-ring (bicyclic) bond motifs is 1. The van der Waals surface area contributed by atoms with Crippen molar-refractivity contribution in [2.24, 2.45) is 0 Å². The summed E-state index contributed by atoms with van der Waals surface area (Å²) in [5, 5.41) is 0. The Kier molecular flexibility index (Phi) is 11.3. The Bertz CT molecular complexity index is 1290. The van der Waals surface area contributed by atoms with E-state index in [-0.39, 0.29) is 17.7 Å². The van der Waals surface area contributed by atoms with Gasteiger partial charge in [-0.2, -0.15) is 57.1 Å². The number of aryl methyl sites for hydroxylation is 1. The molecule has 2 aliphatic rings. The van der Waals surface area contributed by atoms with E-state index in [9.17, 15) is 66.7 Å². The molecule has 0 saturated carbocycles. The number of rotatable bonds is 12. The molecule has 0 aromatic heterocycles. The number of methoxy groups -OCH3 is 1. The molecule has 0 spiro atoms. The molecule has 2 heterocycles. The monoisotopic (exact) mass is 726 g/mol. The molecule has 8 nitrogen and oxygen atoms in total. The highest BCUT2D eigenvalue weighted by molar-refractivity contribution is 5.67. The van der Waals surface area contributed by atoms with Crippen molar-refractivity contribution in [2.75, 3.05) is 13.7 Å². The third kappa shape index (κ3) is 7.32. The Morgan fingerprint density at radius 2 is 1.27 bits per heavy atom. The van der Waals surface area contributed by atoms with Crippen LogP contribution in [0.1, 0.15) is 44.1 Å². The molecular formula is C27H27F13O8. The van der Waals surface area contributed by atoms with Gasteiger partial charge in [-0.05, 0) is 18.4 Å². The summed E-state index contributed by atoms with van der Waals surface area (Å²) in [6.07, 6.45) is -18.4.